The number of nitrogens with zero attached hydrogens (tertiary/aromatic N) is 4. The lowest BCUT2D eigenvalue weighted by molar-refractivity contribution is 0.233. The molecule has 0 atom stereocenters. The van der Waals surface area contributed by atoms with Crippen molar-refractivity contribution in [2.45, 2.75) is 6.54 Å². The quantitative estimate of drug-likeness (QED) is 0.412. The Balaban J connectivity index is 0.00000245. The Morgan fingerprint density at radius 1 is 1.00 bits per heavy atom. The lowest BCUT2D eigenvalue weighted by atomic mass is 10.1. The summed E-state index contributed by atoms with van der Waals surface area (Å²) in [5, 5.41) is 6.70. The molecular formula is C23H26ClN7O. The molecule has 0 unspecified atom stereocenters. The van der Waals surface area contributed by atoms with Crippen LogP contribution < -0.4 is 15.4 Å². The number of methoxy groups -OCH3 is 1. The number of anilines is 2. The largest absolute Gasteiger partial charge is 0.481 e. The highest BCUT2D eigenvalue weighted by molar-refractivity contribution is 5.85. The van der Waals surface area contributed by atoms with E-state index in [4.69, 9.17) is 4.74 Å². The summed E-state index contributed by atoms with van der Waals surface area (Å²) in [5.41, 5.74) is 5.20. The third kappa shape index (κ3) is 4.99. The molecule has 0 bridgehead atoms. The number of imidazole rings is 1. The van der Waals surface area contributed by atoms with E-state index in [0.717, 1.165) is 60.7 Å². The number of aromatic nitrogens is 4. The molecule has 0 spiro atoms. The van der Waals surface area contributed by atoms with E-state index in [1.54, 1.807) is 13.3 Å². The second-order valence-electron chi connectivity index (χ2n) is 7.60. The molecule has 4 aromatic rings. The van der Waals surface area contributed by atoms with Crippen LogP contribution in [-0.4, -0.2) is 58.1 Å². The highest BCUT2D eigenvalue weighted by atomic mass is 35.5. The average molecular weight is 452 g/mol. The number of ether oxygens (including phenoxy) is 1. The zero-order valence-corrected chi connectivity index (χ0v) is 18.7. The molecule has 9 heteroatoms. The Hall–Kier alpha value is -3.20. The van der Waals surface area contributed by atoms with Crippen LogP contribution in [0.2, 0.25) is 0 Å². The zero-order chi connectivity index (χ0) is 21.0. The number of hydrogen-bond acceptors (Lipinski definition) is 7. The van der Waals surface area contributed by atoms with Crippen LogP contribution in [0.25, 0.3) is 22.2 Å². The number of hydrogen-bond donors (Lipinski definition) is 3. The summed E-state index contributed by atoms with van der Waals surface area (Å²) in [6.45, 7) is 5.16. The normalized spacial score (nSPS) is 14.2. The van der Waals surface area contributed by atoms with Crippen molar-refractivity contribution in [3.63, 3.8) is 0 Å². The van der Waals surface area contributed by atoms with Gasteiger partial charge in [0, 0.05) is 51.2 Å². The van der Waals surface area contributed by atoms with E-state index in [1.165, 1.54) is 5.56 Å². The van der Waals surface area contributed by atoms with Crippen LogP contribution in [0.4, 0.5) is 11.8 Å². The summed E-state index contributed by atoms with van der Waals surface area (Å²) in [7, 11) is 1.62. The highest BCUT2D eigenvalue weighted by Crippen LogP contribution is 2.26. The minimum atomic E-state index is 0. The predicted octanol–water partition coefficient (Wildman–Crippen LogP) is 3.60. The molecule has 3 aromatic heterocycles. The molecule has 166 valence electrons. The third-order valence-corrected chi connectivity index (χ3v) is 5.45. The standard InChI is InChI=1S/C23H25N7O.ClH/c1-31-22-14-18(5-7-26-22)17-2-3-19-20(13-17)28-23(27-19)29-21-12-16(4-6-25-21)15-30-10-8-24-9-11-30;/h2-7,12-14,24H,8-11,15H2,1H3,(H2,25,27,28,29);1H. The molecular weight excluding hydrogens is 426 g/mol. The fourth-order valence-corrected chi connectivity index (χ4v) is 3.84. The molecule has 1 saturated heterocycles. The number of H-pyrrole nitrogens is 1. The summed E-state index contributed by atoms with van der Waals surface area (Å²) < 4.78 is 5.24. The lowest BCUT2D eigenvalue weighted by Crippen LogP contribution is -2.42. The SMILES string of the molecule is COc1cc(-c2ccc3nc(Nc4cc(CN5CCNCC5)ccn4)[nH]c3c2)ccn1.Cl. The first-order chi connectivity index (χ1) is 15.3. The Morgan fingerprint density at radius 3 is 2.66 bits per heavy atom. The Bertz CT molecular complexity index is 1190. The van der Waals surface area contributed by atoms with Crippen molar-refractivity contribution in [2.24, 2.45) is 0 Å². The topological polar surface area (TPSA) is 91.0 Å². The van der Waals surface area contributed by atoms with Gasteiger partial charge in [-0.3, -0.25) is 4.90 Å². The monoisotopic (exact) mass is 451 g/mol. The number of nitrogens with one attached hydrogen (secondary N) is 3. The van der Waals surface area contributed by atoms with Gasteiger partial charge in [-0.05, 0) is 47.0 Å². The van der Waals surface area contributed by atoms with Crippen molar-refractivity contribution < 1.29 is 4.74 Å². The Labute approximate surface area is 192 Å². The first-order valence-corrected chi connectivity index (χ1v) is 10.4. The van der Waals surface area contributed by atoms with Crippen LogP contribution in [0, 0.1) is 0 Å². The van der Waals surface area contributed by atoms with Gasteiger partial charge in [0.25, 0.3) is 0 Å². The number of fused-ring (bicyclic) bond motifs is 1. The lowest BCUT2D eigenvalue weighted by Gasteiger charge is -2.27. The molecule has 3 N–H and O–H groups in total. The van der Waals surface area contributed by atoms with Crippen molar-refractivity contribution in [1.29, 1.82) is 0 Å². The Morgan fingerprint density at radius 2 is 1.81 bits per heavy atom. The molecule has 1 aliphatic rings. The van der Waals surface area contributed by atoms with Crippen LogP contribution in [0.15, 0.2) is 54.9 Å². The number of halogens is 1. The molecule has 1 aromatic carbocycles. The van der Waals surface area contributed by atoms with E-state index in [-0.39, 0.29) is 12.4 Å². The van der Waals surface area contributed by atoms with E-state index >= 15 is 0 Å². The number of piperazine rings is 1. The maximum absolute atomic E-state index is 5.24. The molecule has 0 saturated carbocycles. The molecule has 32 heavy (non-hydrogen) atoms. The van der Waals surface area contributed by atoms with E-state index < -0.39 is 0 Å². The van der Waals surface area contributed by atoms with Gasteiger partial charge in [-0.2, -0.15) is 0 Å². The maximum atomic E-state index is 5.24. The van der Waals surface area contributed by atoms with Gasteiger partial charge in [0.15, 0.2) is 0 Å². The van der Waals surface area contributed by atoms with Crippen molar-refractivity contribution >= 4 is 35.2 Å². The van der Waals surface area contributed by atoms with Crippen molar-refractivity contribution in [3.05, 3.63) is 60.4 Å². The van der Waals surface area contributed by atoms with Gasteiger partial charge in [-0.15, -0.1) is 12.4 Å². The molecule has 0 aliphatic carbocycles. The zero-order valence-electron chi connectivity index (χ0n) is 17.8. The van der Waals surface area contributed by atoms with Crippen LogP contribution in [0.3, 0.4) is 0 Å². The van der Waals surface area contributed by atoms with Crippen LogP contribution in [0.1, 0.15) is 5.56 Å². The number of benzene rings is 1. The smallest absolute Gasteiger partial charge is 0.213 e. The van der Waals surface area contributed by atoms with Crippen molar-refractivity contribution in [1.82, 2.24) is 30.2 Å². The first kappa shape index (κ1) is 22.0. The first-order valence-electron chi connectivity index (χ1n) is 10.4. The Kier molecular flexibility index (Phi) is 6.84. The maximum Gasteiger partial charge on any atom is 0.213 e. The minimum absolute atomic E-state index is 0. The fourth-order valence-electron chi connectivity index (χ4n) is 3.84. The van der Waals surface area contributed by atoms with E-state index in [9.17, 15) is 0 Å². The minimum Gasteiger partial charge on any atom is -0.481 e. The molecule has 5 rings (SSSR count). The van der Waals surface area contributed by atoms with E-state index in [1.807, 2.05) is 30.5 Å². The number of aromatic amines is 1. The predicted molar refractivity (Wildman–Crippen MR) is 129 cm³/mol. The van der Waals surface area contributed by atoms with Crippen LogP contribution in [-0.2, 0) is 6.54 Å². The van der Waals surface area contributed by atoms with Crippen LogP contribution in [0.5, 0.6) is 5.88 Å². The van der Waals surface area contributed by atoms with Crippen molar-refractivity contribution in [2.75, 3.05) is 38.6 Å². The summed E-state index contributed by atoms with van der Waals surface area (Å²) in [6.07, 6.45) is 3.59. The summed E-state index contributed by atoms with van der Waals surface area (Å²) >= 11 is 0. The van der Waals surface area contributed by atoms with Crippen LogP contribution >= 0.6 is 12.4 Å². The second kappa shape index (κ2) is 9.95. The van der Waals surface area contributed by atoms with Gasteiger partial charge in [-0.25, -0.2) is 15.0 Å². The summed E-state index contributed by atoms with van der Waals surface area (Å²) in [5.74, 6) is 2.05. The van der Waals surface area contributed by atoms with E-state index in [2.05, 4.69) is 53.7 Å². The second-order valence-corrected chi connectivity index (χ2v) is 7.60. The van der Waals surface area contributed by atoms with Gasteiger partial charge in [0.1, 0.15) is 5.82 Å². The fraction of sp³-hybridized carbons (Fsp3) is 0.261. The summed E-state index contributed by atoms with van der Waals surface area (Å²) in [6, 6.07) is 14.2. The molecule has 1 fully saturated rings. The highest BCUT2D eigenvalue weighted by Gasteiger charge is 2.11. The van der Waals surface area contributed by atoms with Gasteiger partial charge >= 0.3 is 0 Å². The van der Waals surface area contributed by atoms with Gasteiger partial charge in [0.05, 0.1) is 18.1 Å². The third-order valence-electron chi connectivity index (χ3n) is 5.45. The van der Waals surface area contributed by atoms with Gasteiger partial charge < -0.3 is 20.4 Å². The van der Waals surface area contributed by atoms with Crippen molar-refractivity contribution in [3.8, 4) is 17.0 Å². The molecule has 1 aliphatic heterocycles. The molecule has 8 nitrogen and oxygen atoms in total. The summed E-state index contributed by atoms with van der Waals surface area (Å²) in [4.78, 5) is 19.1. The number of pyridine rings is 2. The molecule has 0 amide bonds. The average Bonchev–Trinajstić information content (AvgIpc) is 3.21. The molecule has 4 heterocycles. The molecule has 0 radical (unpaired) electrons. The van der Waals surface area contributed by atoms with Gasteiger partial charge in [0.2, 0.25) is 11.8 Å². The van der Waals surface area contributed by atoms with Gasteiger partial charge in [-0.1, -0.05) is 6.07 Å². The number of rotatable bonds is 6. The van der Waals surface area contributed by atoms with E-state index in [0.29, 0.717) is 11.8 Å².